The third kappa shape index (κ3) is 3.16. The van der Waals surface area contributed by atoms with Crippen molar-refractivity contribution in [1.82, 2.24) is 5.16 Å². The van der Waals surface area contributed by atoms with Crippen LogP contribution in [0.4, 0.5) is 5.82 Å². The molecule has 5 nitrogen and oxygen atoms in total. The van der Waals surface area contributed by atoms with Crippen molar-refractivity contribution in [2.24, 2.45) is 0 Å². The average molecular weight is 370 g/mol. The van der Waals surface area contributed by atoms with Crippen LogP contribution in [0, 0.1) is 6.92 Å². The van der Waals surface area contributed by atoms with E-state index in [1.165, 1.54) is 16.2 Å². The van der Waals surface area contributed by atoms with Crippen molar-refractivity contribution in [3.05, 3.63) is 66.4 Å². The molecule has 0 bridgehead atoms. The highest BCUT2D eigenvalue weighted by Crippen LogP contribution is 2.33. The molecule has 0 aliphatic heterocycles. The van der Waals surface area contributed by atoms with E-state index in [0.29, 0.717) is 5.76 Å². The Morgan fingerprint density at radius 2 is 1.80 bits per heavy atom. The standard InChI is InChI=1S/C18H14N2O3S2/c1-12-10-18(19-23-12)20-25(21,22)15-8-6-13(7-9-15)17-11-14-4-2-3-5-16(14)24-17/h2-11H,1H3,(H,19,20). The lowest BCUT2D eigenvalue weighted by Gasteiger charge is -2.05. The van der Waals surface area contributed by atoms with Crippen LogP contribution < -0.4 is 4.72 Å². The molecule has 4 aromatic rings. The number of anilines is 1. The first-order valence-corrected chi connectivity index (χ1v) is 9.86. The summed E-state index contributed by atoms with van der Waals surface area (Å²) in [4.78, 5) is 1.28. The van der Waals surface area contributed by atoms with Crippen molar-refractivity contribution in [2.75, 3.05) is 4.72 Å². The first-order valence-electron chi connectivity index (χ1n) is 7.56. The minimum atomic E-state index is -3.69. The van der Waals surface area contributed by atoms with Crippen LogP contribution in [-0.2, 0) is 10.0 Å². The van der Waals surface area contributed by atoms with Crippen LogP contribution in [-0.4, -0.2) is 13.6 Å². The fourth-order valence-electron chi connectivity index (χ4n) is 2.53. The number of nitrogens with one attached hydrogen (secondary N) is 1. The van der Waals surface area contributed by atoms with E-state index in [0.717, 1.165) is 10.4 Å². The highest BCUT2D eigenvalue weighted by Gasteiger charge is 2.16. The molecule has 0 atom stereocenters. The van der Waals surface area contributed by atoms with Crippen LogP contribution in [0.2, 0.25) is 0 Å². The molecule has 2 aromatic carbocycles. The van der Waals surface area contributed by atoms with E-state index >= 15 is 0 Å². The third-order valence-corrected chi connectivity index (χ3v) is 6.28. The molecule has 126 valence electrons. The first-order chi connectivity index (χ1) is 12.0. The zero-order valence-electron chi connectivity index (χ0n) is 13.3. The highest BCUT2D eigenvalue weighted by molar-refractivity contribution is 7.92. The SMILES string of the molecule is Cc1cc(NS(=O)(=O)c2ccc(-c3cc4ccccc4s3)cc2)no1. The Kier molecular flexibility index (Phi) is 3.82. The Morgan fingerprint density at radius 1 is 1.04 bits per heavy atom. The summed E-state index contributed by atoms with van der Waals surface area (Å²) in [5, 5.41) is 4.83. The maximum Gasteiger partial charge on any atom is 0.263 e. The molecule has 2 heterocycles. The normalized spacial score (nSPS) is 11.7. The second kappa shape index (κ2) is 6.02. The lowest BCUT2D eigenvalue weighted by molar-refractivity contribution is 0.400. The molecule has 0 spiro atoms. The van der Waals surface area contributed by atoms with Gasteiger partial charge in [-0.2, -0.15) is 0 Å². The minimum Gasteiger partial charge on any atom is -0.360 e. The molecule has 0 aliphatic carbocycles. The quantitative estimate of drug-likeness (QED) is 0.567. The maximum absolute atomic E-state index is 12.4. The van der Waals surface area contributed by atoms with Crippen LogP contribution in [0.25, 0.3) is 20.5 Å². The largest absolute Gasteiger partial charge is 0.360 e. The summed E-state index contributed by atoms with van der Waals surface area (Å²) in [6, 6.07) is 18.6. The van der Waals surface area contributed by atoms with Gasteiger partial charge in [-0.05, 0) is 42.1 Å². The average Bonchev–Trinajstić information content (AvgIpc) is 3.20. The van der Waals surface area contributed by atoms with Gasteiger partial charge in [0.05, 0.1) is 4.90 Å². The van der Waals surface area contributed by atoms with Gasteiger partial charge in [-0.15, -0.1) is 11.3 Å². The Hall–Kier alpha value is -2.64. The van der Waals surface area contributed by atoms with Gasteiger partial charge in [0, 0.05) is 15.6 Å². The van der Waals surface area contributed by atoms with Crippen LogP contribution in [0.3, 0.4) is 0 Å². The van der Waals surface area contributed by atoms with E-state index in [4.69, 9.17) is 4.52 Å². The van der Waals surface area contributed by atoms with E-state index < -0.39 is 10.0 Å². The Bertz CT molecular complexity index is 1110. The molecule has 4 rings (SSSR count). The van der Waals surface area contributed by atoms with Gasteiger partial charge in [0.15, 0.2) is 5.82 Å². The Labute approximate surface area is 149 Å². The lowest BCUT2D eigenvalue weighted by Crippen LogP contribution is -2.12. The molecule has 25 heavy (non-hydrogen) atoms. The van der Waals surface area contributed by atoms with Gasteiger partial charge in [-0.3, -0.25) is 4.72 Å². The fourth-order valence-corrected chi connectivity index (χ4v) is 4.59. The van der Waals surface area contributed by atoms with Gasteiger partial charge in [0.25, 0.3) is 10.0 Å². The summed E-state index contributed by atoms with van der Waals surface area (Å²) in [6.45, 7) is 1.70. The summed E-state index contributed by atoms with van der Waals surface area (Å²) < 4.78 is 33.3. The molecule has 0 unspecified atom stereocenters. The number of aromatic nitrogens is 1. The number of fused-ring (bicyclic) bond motifs is 1. The number of sulfonamides is 1. The van der Waals surface area contributed by atoms with Crippen LogP contribution in [0.1, 0.15) is 5.76 Å². The molecule has 0 saturated carbocycles. The molecule has 1 N–H and O–H groups in total. The van der Waals surface area contributed by atoms with Gasteiger partial charge in [0.2, 0.25) is 0 Å². The molecule has 7 heteroatoms. The molecule has 0 fully saturated rings. The molecule has 0 saturated heterocycles. The summed E-state index contributed by atoms with van der Waals surface area (Å²) in [6.07, 6.45) is 0. The monoisotopic (exact) mass is 370 g/mol. The van der Waals surface area contributed by atoms with Gasteiger partial charge in [-0.1, -0.05) is 35.5 Å². The van der Waals surface area contributed by atoms with E-state index in [2.05, 4.69) is 28.1 Å². The van der Waals surface area contributed by atoms with Crippen molar-refractivity contribution in [3.8, 4) is 10.4 Å². The lowest BCUT2D eigenvalue weighted by atomic mass is 10.1. The van der Waals surface area contributed by atoms with Crippen molar-refractivity contribution >= 4 is 37.3 Å². The number of rotatable bonds is 4. The number of benzene rings is 2. The summed E-state index contributed by atoms with van der Waals surface area (Å²) in [5.74, 6) is 0.712. The van der Waals surface area contributed by atoms with Crippen LogP contribution >= 0.6 is 11.3 Å². The van der Waals surface area contributed by atoms with Crippen molar-refractivity contribution in [2.45, 2.75) is 11.8 Å². The predicted octanol–water partition coefficient (Wildman–Crippen LogP) is 4.67. The second-order valence-electron chi connectivity index (χ2n) is 5.60. The molecule has 0 radical (unpaired) electrons. The van der Waals surface area contributed by atoms with Gasteiger partial charge >= 0.3 is 0 Å². The number of aryl methyl sites for hydroxylation is 1. The van der Waals surface area contributed by atoms with Gasteiger partial charge in [-0.25, -0.2) is 8.42 Å². The van der Waals surface area contributed by atoms with Crippen LogP contribution in [0.5, 0.6) is 0 Å². The second-order valence-corrected chi connectivity index (χ2v) is 8.37. The van der Waals surface area contributed by atoms with Crippen molar-refractivity contribution in [1.29, 1.82) is 0 Å². The number of nitrogens with zero attached hydrogens (tertiary/aromatic N) is 1. The zero-order chi connectivity index (χ0) is 17.4. The maximum atomic E-state index is 12.4. The Morgan fingerprint density at radius 3 is 2.48 bits per heavy atom. The first kappa shape index (κ1) is 15.9. The number of hydrogen-bond acceptors (Lipinski definition) is 5. The van der Waals surface area contributed by atoms with E-state index in [1.54, 1.807) is 30.4 Å². The predicted molar refractivity (Wildman–Crippen MR) is 99.3 cm³/mol. The smallest absolute Gasteiger partial charge is 0.263 e. The van der Waals surface area contributed by atoms with E-state index in [9.17, 15) is 8.42 Å². The van der Waals surface area contributed by atoms with Crippen molar-refractivity contribution < 1.29 is 12.9 Å². The van der Waals surface area contributed by atoms with E-state index in [1.807, 2.05) is 24.3 Å². The van der Waals surface area contributed by atoms with E-state index in [-0.39, 0.29) is 10.7 Å². The summed E-state index contributed by atoms with van der Waals surface area (Å²) in [5.41, 5.74) is 0.984. The number of thiophene rings is 1. The Balaban J connectivity index is 1.62. The summed E-state index contributed by atoms with van der Waals surface area (Å²) >= 11 is 1.68. The fraction of sp³-hybridized carbons (Fsp3) is 0.0556. The van der Waals surface area contributed by atoms with Gasteiger partial charge < -0.3 is 4.52 Å². The van der Waals surface area contributed by atoms with Crippen LogP contribution in [0.15, 0.2) is 70.1 Å². The molecular formula is C18H14N2O3S2. The minimum absolute atomic E-state index is 0.172. The highest BCUT2D eigenvalue weighted by atomic mass is 32.2. The van der Waals surface area contributed by atoms with Gasteiger partial charge in [0.1, 0.15) is 5.76 Å². The third-order valence-electron chi connectivity index (χ3n) is 3.74. The molecule has 0 aliphatic rings. The topological polar surface area (TPSA) is 72.2 Å². The zero-order valence-corrected chi connectivity index (χ0v) is 14.9. The van der Waals surface area contributed by atoms with Crippen molar-refractivity contribution in [3.63, 3.8) is 0 Å². The summed E-state index contributed by atoms with van der Waals surface area (Å²) in [7, 11) is -3.69. The molecule has 0 amide bonds. The number of hydrogen-bond donors (Lipinski definition) is 1. The molecular weight excluding hydrogens is 356 g/mol. The molecule has 2 aromatic heterocycles.